The molecule has 1 aliphatic carbocycles. The predicted octanol–water partition coefficient (Wildman–Crippen LogP) is 3.38. The summed E-state index contributed by atoms with van der Waals surface area (Å²) in [4.78, 5) is 21.0. The normalized spacial score (nSPS) is 19.1. The molecule has 30 heavy (non-hydrogen) atoms. The number of carbonyl (C=O) groups is 1. The first kappa shape index (κ1) is 20.1. The maximum Gasteiger partial charge on any atom is 0.407 e. The first-order valence-electron chi connectivity index (χ1n) is 10.2. The zero-order valence-electron chi connectivity index (χ0n) is 17.7. The second kappa shape index (κ2) is 7.89. The molecular weight excluding hydrogens is 382 g/mol. The molecule has 1 aromatic carbocycles. The molecule has 0 unspecified atom stereocenters. The number of alkyl carbamates (subject to hydrolysis) is 1. The highest BCUT2D eigenvalue weighted by atomic mass is 16.6. The van der Waals surface area contributed by atoms with Crippen molar-refractivity contribution in [2.45, 2.75) is 64.6 Å². The Kier molecular flexibility index (Phi) is 5.27. The van der Waals surface area contributed by atoms with Crippen LogP contribution < -0.4 is 10.6 Å². The van der Waals surface area contributed by atoms with Gasteiger partial charge in [0.25, 0.3) is 0 Å². The largest absolute Gasteiger partial charge is 0.444 e. The topological polar surface area (TPSA) is 107 Å². The van der Waals surface area contributed by atoms with Gasteiger partial charge in [-0.1, -0.05) is 22.9 Å². The van der Waals surface area contributed by atoms with Crippen LogP contribution in [0.15, 0.2) is 30.5 Å². The molecule has 1 saturated carbocycles. The molecule has 9 heteroatoms. The van der Waals surface area contributed by atoms with E-state index in [0.717, 1.165) is 24.9 Å². The predicted molar refractivity (Wildman–Crippen MR) is 114 cm³/mol. The van der Waals surface area contributed by atoms with Gasteiger partial charge in [0.2, 0.25) is 5.95 Å². The number of aromatic nitrogens is 5. The van der Waals surface area contributed by atoms with Gasteiger partial charge in [0.05, 0.1) is 11.9 Å². The molecule has 1 fully saturated rings. The van der Waals surface area contributed by atoms with Crippen LogP contribution >= 0.6 is 0 Å². The maximum absolute atomic E-state index is 12.0. The van der Waals surface area contributed by atoms with Crippen molar-refractivity contribution in [3.8, 4) is 5.69 Å². The van der Waals surface area contributed by atoms with Gasteiger partial charge >= 0.3 is 6.09 Å². The first-order valence-corrected chi connectivity index (χ1v) is 10.2. The lowest BCUT2D eigenvalue weighted by Gasteiger charge is -2.21. The van der Waals surface area contributed by atoms with Crippen LogP contribution in [-0.2, 0) is 4.74 Å². The summed E-state index contributed by atoms with van der Waals surface area (Å²) in [6.07, 6.45) is 3.88. The molecule has 2 N–H and O–H groups in total. The highest BCUT2D eigenvalue weighted by molar-refractivity contribution is 5.72. The second-order valence-electron chi connectivity index (χ2n) is 8.74. The van der Waals surface area contributed by atoms with E-state index >= 15 is 0 Å². The van der Waals surface area contributed by atoms with Crippen LogP contribution in [0, 0.1) is 6.92 Å². The molecule has 0 bridgehead atoms. The Bertz CT molecular complexity index is 1040. The van der Waals surface area contributed by atoms with E-state index in [0.29, 0.717) is 17.1 Å². The van der Waals surface area contributed by atoms with Crippen LogP contribution in [0.2, 0.25) is 0 Å². The second-order valence-corrected chi connectivity index (χ2v) is 8.74. The smallest absolute Gasteiger partial charge is 0.407 e. The van der Waals surface area contributed by atoms with Crippen LogP contribution in [0.1, 0.15) is 45.6 Å². The maximum atomic E-state index is 12.0. The lowest BCUT2D eigenvalue weighted by molar-refractivity contribution is 0.0505. The summed E-state index contributed by atoms with van der Waals surface area (Å²) < 4.78 is 7.05. The van der Waals surface area contributed by atoms with Crippen molar-refractivity contribution in [2.24, 2.45) is 0 Å². The molecule has 2 aromatic heterocycles. The lowest BCUT2D eigenvalue weighted by Crippen LogP contribution is -2.38. The lowest BCUT2D eigenvalue weighted by atomic mass is 10.2. The third-order valence-electron chi connectivity index (χ3n) is 4.96. The molecule has 0 aliphatic heterocycles. The van der Waals surface area contributed by atoms with Crippen molar-refractivity contribution in [3.63, 3.8) is 0 Å². The Morgan fingerprint density at radius 1 is 1.17 bits per heavy atom. The van der Waals surface area contributed by atoms with Gasteiger partial charge in [-0.3, -0.25) is 0 Å². The minimum atomic E-state index is -0.502. The van der Waals surface area contributed by atoms with E-state index in [1.54, 1.807) is 10.9 Å². The molecular formula is C21H27N7O2. The SMILES string of the molecule is Cc1ccc(-n2nnc3cnc(N[C@H]4CC[C@H](NC(=O)OC(C)(C)C)C4)nc32)cc1. The Morgan fingerprint density at radius 3 is 2.63 bits per heavy atom. The van der Waals surface area contributed by atoms with Crippen LogP contribution in [0.3, 0.4) is 0 Å². The number of ether oxygens (including phenoxy) is 1. The van der Waals surface area contributed by atoms with Gasteiger partial charge in [0, 0.05) is 12.1 Å². The van der Waals surface area contributed by atoms with E-state index in [1.807, 2.05) is 52.0 Å². The standard InChI is InChI=1S/C21H27N7O2/c1-13-5-9-16(10-6-13)28-18-17(26-27-28)12-22-19(25-18)23-14-7-8-15(11-14)24-20(29)30-21(2,3)4/h5-6,9-10,12,14-15H,7-8,11H2,1-4H3,(H,24,29)(H,22,23,25)/t14-,15-/m0/s1. The van der Waals surface area contributed by atoms with Crippen molar-refractivity contribution < 1.29 is 9.53 Å². The molecule has 158 valence electrons. The van der Waals surface area contributed by atoms with Crippen LogP contribution in [0.5, 0.6) is 0 Å². The quantitative estimate of drug-likeness (QED) is 0.680. The number of carbonyl (C=O) groups excluding carboxylic acids is 1. The molecule has 0 spiro atoms. The van der Waals surface area contributed by atoms with Crippen LogP contribution in [0.25, 0.3) is 16.9 Å². The zero-order chi connectivity index (χ0) is 21.3. The van der Waals surface area contributed by atoms with Gasteiger partial charge in [-0.2, -0.15) is 9.67 Å². The van der Waals surface area contributed by atoms with Crippen molar-refractivity contribution in [1.82, 2.24) is 30.3 Å². The average Bonchev–Trinajstić information content (AvgIpc) is 3.27. The minimum absolute atomic E-state index is 0.0702. The molecule has 2 heterocycles. The first-order chi connectivity index (χ1) is 14.3. The van der Waals surface area contributed by atoms with Gasteiger partial charge in [-0.15, -0.1) is 5.10 Å². The minimum Gasteiger partial charge on any atom is -0.444 e. The van der Waals surface area contributed by atoms with Gasteiger partial charge in [-0.05, 0) is 59.1 Å². The number of amides is 1. The summed E-state index contributed by atoms with van der Waals surface area (Å²) >= 11 is 0. The Labute approximate surface area is 175 Å². The van der Waals surface area contributed by atoms with E-state index in [1.165, 1.54) is 5.56 Å². The number of nitrogens with one attached hydrogen (secondary N) is 2. The fourth-order valence-electron chi connectivity index (χ4n) is 3.56. The van der Waals surface area contributed by atoms with E-state index in [9.17, 15) is 4.79 Å². The molecule has 0 saturated heterocycles. The number of hydrogen-bond donors (Lipinski definition) is 2. The van der Waals surface area contributed by atoms with E-state index in [4.69, 9.17) is 4.74 Å². The number of benzene rings is 1. The fraction of sp³-hybridized carbons (Fsp3) is 0.476. The number of aryl methyl sites for hydroxylation is 1. The van der Waals surface area contributed by atoms with Crippen LogP contribution in [0.4, 0.5) is 10.7 Å². The molecule has 2 atom stereocenters. The number of nitrogens with zero attached hydrogens (tertiary/aromatic N) is 5. The summed E-state index contributed by atoms with van der Waals surface area (Å²) in [5.74, 6) is 0.529. The van der Waals surface area contributed by atoms with Gasteiger partial charge < -0.3 is 15.4 Å². The van der Waals surface area contributed by atoms with Crippen molar-refractivity contribution in [1.29, 1.82) is 0 Å². The summed E-state index contributed by atoms with van der Waals surface area (Å²) in [7, 11) is 0. The molecule has 1 amide bonds. The zero-order valence-corrected chi connectivity index (χ0v) is 17.7. The summed E-state index contributed by atoms with van der Waals surface area (Å²) in [5.41, 5.74) is 2.86. The molecule has 3 aromatic rings. The van der Waals surface area contributed by atoms with Crippen molar-refractivity contribution in [2.75, 3.05) is 5.32 Å². The Balaban J connectivity index is 1.43. The van der Waals surface area contributed by atoms with Crippen molar-refractivity contribution in [3.05, 3.63) is 36.0 Å². The molecule has 1 aliphatic rings. The molecule has 9 nitrogen and oxygen atoms in total. The van der Waals surface area contributed by atoms with Gasteiger partial charge in [0.1, 0.15) is 5.60 Å². The average molecular weight is 409 g/mol. The van der Waals surface area contributed by atoms with Crippen LogP contribution in [-0.4, -0.2) is 48.7 Å². The van der Waals surface area contributed by atoms with E-state index in [2.05, 4.69) is 30.9 Å². The highest BCUT2D eigenvalue weighted by Gasteiger charge is 2.28. The Morgan fingerprint density at radius 2 is 1.90 bits per heavy atom. The Hall–Kier alpha value is -3.23. The van der Waals surface area contributed by atoms with Crippen molar-refractivity contribution >= 4 is 23.2 Å². The summed E-state index contributed by atoms with van der Waals surface area (Å²) in [6, 6.07) is 8.27. The number of anilines is 1. The highest BCUT2D eigenvalue weighted by Crippen LogP contribution is 2.23. The molecule has 0 radical (unpaired) electrons. The monoisotopic (exact) mass is 409 g/mol. The summed E-state index contributed by atoms with van der Waals surface area (Å²) in [6.45, 7) is 7.61. The third-order valence-corrected chi connectivity index (χ3v) is 4.96. The van der Waals surface area contributed by atoms with Gasteiger partial charge in [0.15, 0.2) is 11.2 Å². The number of fused-ring (bicyclic) bond motifs is 1. The third kappa shape index (κ3) is 4.67. The summed E-state index contributed by atoms with van der Waals surface area (Å²) in [5, 5.41) is 14.7. The van der Waals surface area contributed by atoms with E-state index in [-0.39, 0.29) is 18.2 Å². The number of hydrogen-bond acceptors (Lipinski definition) is 7. The van der Waals surface area contributed by atoms with Gasteiger partial charge in [-0.25, -0.2) is 9.78 Å². The fourth-order valence-corrected chi connectivity index (χ4v) is 3.56. The molecule has 4 rings (SSSR count). The number of rotatable bonds is 4. The van der Waals surface area contributed by atoms with E-state index < -0.39 is 5.60 Å².